The van der Waals surface area contributed by atoms with Crippen LogP contribution in [0.2, 0.25) is 5.02 Å². The minimum atomic E-state index is -0.866. The molecule has 1 atom stereocenters. The van der Waals surface area contributed by atoms with Crippen LogP contribution in [-0.2, 0) is 12.0 Å². The Kier molecular flexibility index (Phi) is 3.93. The third kappa shape index (κ3) is 3.32. The lowest BCUT2D eigenvalue weighted by Gasteiger charge is -2.23. The van der Waals surface area contributed by atoms with Gasteiger partial charge in [-0.1, -0.05) is 23.7 Å². The molecule has 0 spiro atoms. The van der Waals surface area contributed by atoms with Gasteiger partial charge in [-0.2, -0.15) is 0 Å². The summed E-state index contributed by atoms with van der Waals surface area (Å²) in [7, 11) is 0. The predicted molar refractivity (Wildman–Crippen MR) is 76.7 cm³/mol. The van der Waals surface area contributed by atoms with Crippen LogP contribution in [0.4, 0.5) is 0 Å². The Morgan fingerprint density at radius 2 is 2.00 bits per heavy atom. The molecule has 4 heteroatoms. The van der Waals surface area contributed by atoms with Crippen LogP contribution in [0.5, 0.6) is 0 Å². The van der Waals surface area contributed by atoms with E-state index in [4.69, 9.17) is 11.6 Å². The summed E-state index contributed by atoms with van der Waals surface area (Å²) in [5.74, 6) is 0. The summed E-state index contributed by atoms with van der Waals surface area (Å²) in [5, 5.41) is 13.2. The fourth-order valence-electron chi connectivity index (χ4n) is 1.70. The molecule has 1 aromatic carbocycles. The van der Waals surface area contributed by atoms with Crippen molar-refractivity contribution in [1.82, 2.24) is 0 Å². The molecule has 1 aromatic heterocycles. The SMILES string of the molecule is CC(O)(Cc1cc(Br)cs1)c1ccc(Cl)cc1. The first-order valence-corrected chi connectivity index (χ1v) is 7.24. The molecule has 2 aromatic rings. The van der Waals surface area contributed by atoms with Crippen molar-refractivity contribution in [3.8, 4) is 0 Å². The van der Waals surface area contributed by atoms with Crippen molar-refractivity contribution in [3.05, 3.63) is 55.6 Å². The van der Waals surface area contributed by atoms with E-state index in [-0.39, 0.29) is 0 Å². The van der Waals surface area contributed by atoms with Crippen LogP contribution in [-0.4, -0.2) is 5.11 Å². The third-order valence-electron chi connectivity index (χ3n) is 2.61. The number of benzene rings is 1. The minimum absolute atomic E-state index is 0.602. The zero-order chi connectivity index (χ0) is 12.5. The van der Waals surface area contributed by atoms with Crippen molar-refractivity contribution in [2.45, 2.75) is 18.9 Å². The number of hydrogen-bond donors (Lipinski definition) is 1. The van der Waals surface area contributed by atoms with E-state index in [1.807, 2.05) is 30.5 Å². The summed E-state index contributed by atoms with van der Waals surface area (Å²) < 4.78 is 1.06. The first kappa shape index (κ1) is 13.1. The van der Waals surface area contributed by atoms with Crippen LogP contribution in [0.25, 0.3) is 0 Å². The minimum Gasteiger partial charge on any atom is -0.385 e. The van der Waals surface area contributed by atoms with Gasteiger partial charge in [-0.15, -0.1) is 11.3 Å². The lowest BCUT2D eigenvalue weighted by atomic mass is 9.92. The molecule has 0 bridgehead atoms. The van der Waals surface area contributed by atoms with Gasteiger partial charge in [-0.25, -0.2) is 0 Å². The summed E-state index contributed by atoms with van der Waals surface area (Å²) in [6.45, 7) is 1.82. The molecule has 1 nitrogen and oxygen atoms in total. The Bertz CT molecular complexity index is 504. The summed E-state index contributed by atoms with van der Waals surface area (Å²) in [6.07, 6.45) is 0.602. The summed E-state index contributed by atoms with van der Waals surface area (Å²) >= 11 is 10.9. The highest BCUT2D eigenvalue weighted by molar-refractivity contribution is 9.10. The molecule has 0 aliphatic carbocycles. The number of thiophene rings is 1. The first-order valence-electron chi connectivity index (χ1n) is 5.19. The van der Waals surface area contributed by atoms with Crippen molar-refractivity contribution >= 4 is 38.9 Å². The normalized spacial score (nSPS) is 14.6. The number of rotatable bonds is 3. The van der Waals surface area contributed by atoms with Gasteiger partial charge in [0.2, 0.25) is 0 Å². The monoisotopic (exact) mass is 330 g/mol. The van der Waals surface area contributed by atoms with Gasteiger partial charge >= 0.3 is 0 Å². The largest absolute Gasteiger partial charge is 0.385 e. The van der Waals surface area contributed by atoms with Crippen LogP contribution in [0, 0.1) is 0 Å². The third-order valence-corrected chi connectivity index (χ3v) is 4.56. The van der Waals surface area contributed by atoms with Crippen LogP contribution in [0.3, 0.4) is 0 Å². The molecule has 1 N–H and O–H groups in total. The van der Waals surface area contributed by atoms with Gasteiger partial charge in [0.1, 0.15) is 0 Å². The highest BCUT2D eigenvalue weighted by atomic mass is 79.9. The van der Waals surface area contributed by atoms with Crippen molar-refractivity contribution in [3.63, 3.8) is 0 Å². The molecule has 0 amide bonds. The Hall–Kier alpha value is -0.350. The van der Waals surface area contributed by atoms with Crippen molar-refractivity contribution in [1.29, 1.82) is 0 Å². The Balaban J connectivity index is 2.21. The molecule has 17 heavy (non-hydrogen) atoms. The lowest BCUT2D eigenvalue weighted by Crippen LogP contribution is -2.23. The second kappa shape index (κ2) is 5.11. The van der Waals surface area contributed by atoms with Gasteiger partial charge in [-0.3, -0.25) is 0 Å². The number of aliphatic hydroxyl groups is 1. The van der Waals surface area contributed by atoms with E-state index in [0.29, 0.717) is 11.4 Å². The Labute approximate surface area is 118 Å². The molecule has 0 saturated carbocycles. The molecule has 0 fully saturated rings. The highest BCUT2D eigenvalue weighted by Crippen LogP contribution is 2.30. The smallest absolute Gasteiger partial charge is 0.0916 e. The summed E-state index contributed by atoms with van der Waals surface area (Å²) in [6, 6.07) is 9.37. The van der Waals surface area contributed by atoms with Gasteiger partial charge in [0.05, 0.1) is 5.60 Å². The molecule has 2 rings (SSSR count). The Morgan fingerprint density at radius 3 is 2.53 bits per heavy atom. The molecule has 90 valence electrons. The Morgan fingerprint density at radius 1 is 1.35 bits per heavy atom. The second-order valence-electron chi connectivity index (χ2n) is 4.19. The average Bonchev–Trinajstić information content (AvgIpc) is 2.63. The molecular formula is C13H12BrClOS. The maximum atomic E-state index is 10.5. The summed E-state index contributed by atoms with van der Waals surface area (Å²) in [5.41, 5.74) is 0.0148. The summed E-state index contributed by atoms with van der Waals surface area (Å²) in [4.78, 5) is 1.15. The van der Waals surface area contributed by atoms with E-state index in [9.17, 15) is 5.11 Å². The standard InChI is InChI=1S/C13H12BrClOS/c1-13(16,7-12-6-10(14)8-17-12)9-2-4-11(15)5-3-9/h2-6,8,16H,7H2,1H3. The van der Waals surface area contributed by atoms with Crippen LogP contribution >= 0.6 is 38.9 Å². The topological polar surface area (TPSA) is 20.2 Å². The zero-order valence-corrected chi connectivity index (χ0v) is 12.4. The zero-order valence-electron chi connectivity index (χ0n) is 9.28. The van der Waals surface area contributed by atoms with Crippen LogP contribution in [0.1, 0.15) is 17.4 Å². The fourth-order valence-corrected chi connectivity index (χ4v) is 3.42. The fraction of sp³-hybridized carbons (Fsp3) is 0.231. The van der Waals surface area contributed by atoms with E-state index >= 15 is 0 Å². The average molecular weight is 332 g/mol. The van der Waals surface area contributed by atoms with Gasteiger partial charge in [0, 0.05) is 26.2 Å². The first-order chi connectivity index (χ1) is 7.97. The van der Waals surface area contributed by atoms with E-state index in [1.165, 1.54) is 0 Å². The van der Waals surface area contributed by atoms with Crippen molar-refractivity contribution in [2.24, 2.45) is 0 Å². The van der Waals surface area contributed by atoms with Crippen molar-refractivity contribution in [2.75, 3.05) is 0 Å². The van der Waals surface area contributed by atoms with E-state index in [1.54, 1.807) is 23.5 Å². The number of hydrogen-bond acceptors (Lipinski definition) is 2. The molecule has 0 saturated heterocycles. The van der Waals surface area contributed by atoms with Gasteiger partial charge in [0.25, 0.3) is 0 Å². The highest BCUT2D eigenvalue weighted by Gasteiger charge is 2.24. The predicted octanol–water partition coefficient (Wildman–Crippen LogP) is 4.61. The van der Waals surface area contributed by atoms with Crippen molar-refractivity contribution < 1.29 is 5.11 Å². The molecule has 0 aliphatic heterocycles. The van der Waals surface area contributed by atoms with Crippen LogP contribution in [0.15, 0.2) is 40.2 Å². The van der Waals surface area contributed by atoms with Gasteiger partial charge in [-0.05, 0) is 46.6 Å². The molecule has 1 unspecified atom stereocenters. The molecular weight excluding hydrogens is 320 g/mol. The quantitative estimate of drug-likeness (QED) is 0.870. The van der Waals surface area contributed by atoms with Gasteiger partial charge < -0.3 is 5.11 Å². The maximum absolute atomic E-state index is 10.5. The number of halogens is 2. The maximum Gasteiger partial charge on any atom is 0.0916 e. The van der Waals surface area contributed by atoms with E-state index in [2.05, 4.69) is 15.9 Å². The molecule has 0 radical (unpaired) electrons. The van der Waals surface area contributed by atoms with Gasteiger partial charge in [0.15, 0.2) is 0 Å². The van der Waals surface area contributed by atoms with E-state index in [0.717, 1.165) is 14.9 Å². The van der Waals surface area contributed by atoms with Crippen LogP contribution < -0.4 is 0 Å². The van der Waals surface area contributed by atoms with E-state index < -0.39 is 5.60 Å². The molecule has 0 aliphatic rings. The molecule has 1 heterocycles. The second-order valence-corrected chi connectivity index (χ2v) is 6.54. The lowest BCUT2D eigenvalue weighted by molar-refractivity contribution is 0.0585.